The first-order valence-electron chi connectivity index (χ1n) is 7.33. The van der Waals surface area contributed by atoms with Crippen molar-refractivity contribution < 1.29 is 9.53 Å². The van der Waals surface area contributed by atoms with Crippen LogP contribution in [0.5, 0.6) is 0 Å². The van der Waals surface area contributed by atoms with Gasteiger partial charge in [-0.1, -0.05) is 0 Å². The fourth-order valence-electron chi connectivity index (χ4n) is 3.33. The number of amides is 1. The number of hydrogen-bond donors (Lipinski definition) is 1. The van der Waals surface area contributed by atoms with E-state index in [1.165, 1.54) is 25.7 Å². The maximum Gasteiger partial charge on any atom is 0.251 e. The molecule has 2 atom stereocenters. The Balaban J connectivity index is 0.00000133. The quantitative estimate of drug-likeness (QED) is 0.835. The van der Waals surface area contributed by atoms with Gasteiger partial charge in [-0.25, -0.2) is 0 Å². The van der Waals surface area contributed by atoms with E-state index in [0.717, 1.165) is 24.7 Å². The zero-order chi connectivity index (χ0) is 12.7. The summed E-state index contributed by atoms with van der Waals surface area (Å²) in [4.78, 5) is 14.5. The van der Waals surface area contributed by atoms with E-state index < -0.39 is 0 Å². The van der Waals surface area contributed by atoms with Crippen LogP contribution in [0.25, 0.3) is 0 Å². The van der Waals surface area contributed by atoms with Crippen LogP contribution in [0, 0.1) is 11.8 Å². The molecule has 2 N–H and O–H groups in total. The van der Waals surface area contributed by atoms with Crippen LogP contribution in [-0.2, 0) is 9.53 Å². The molecule has 4 nitrogen and oxygen atoms in total. The molecular weight excluding hydrogens is 264 g/mol. The van der Waals surface area contributed by atoms with Gasteiger partial charge < -0.3 is 15.4 Å². The Kier molecular flexibility index (Phi) is 4.75. The predicted molar refractivity (Wildman–Crippen MR) is 76.2 cm³/mol. The van der Waals surface area contributed by atoms with E-state index >= 15 is 0 Å². The van der Waals surface area contributed by atoms with Gasteiger partial charge in [0, 0.05) is 19.6 Å². The van der Waals surface area contributed by atoms with Crippen molar-refractivity contribution in [3.8, 4) is 0 Å². The number of likely N-dealkylation sites (N-methyl/N-ethyl adjacent to an activating group) is 1. The molecule has 5 heteroatoms. The molecule has 0 unspecified atom stereocenters. The zero-order valence-electron chi connectivity index (χ0n) is 11.6. The summed E-state index contributed by atoms with van der Waals surface area (Å²) in [5.41, 5.74) is 5.60. The third-order valence-corrected chi connectivity index (χ3v) is 4.65. The van der Waals surface area contributed by atoms with E-state index in [-0.39, 0.29) is 30.5 Å². The molecule has 3 fully saturated rings. The van der Waals surface area contributed by atoms with Crippen molar-refractivity contribution in [3.63, 3.8) is 0 Å². The predicted octanol–water partition coefficient (Wildman–Crippen LogP) is 1.56. The van der Waals surface area contributed by atoms with E-state index in [4.69, 9.17) is 10.5 Å². The summed E-state index contributed by atoms with van der Waals surface area (Å²) >= 11 is 0. The molecular formula is C14H25ClN2O2. The lowest BCUT2D eigenvalue weighted by atomic mass is 10.0. The van der Waals surface area contributed by atoms with E-state index in [0.29, 0.717) is 12.6 Å². The fourth-order valence-corrected chi connectivity index (χ4v) is 3.33. The van der Waals surface area contributed by atoms with Gasteiger partial charge in [-0.2, -0.15) is 0 Å². The largest absolute Gasteiger partial charge is 0.364 e. The topological polar surface area (TPSA) is 55.6 Å². The molecule has 3 aliphatic rings. The molecule has 1 amide bonds. The molecule has 0 radical (unpaired) electrons. The Morgan fingerprint density at radius 2 is 1.79 bits per heavy atom. The summed E-state index contributed by atoms with van der Waals surface area (Å²) in [5, 5.41) is 0. The molecule has 1 aliphatic heterocycles. The summed E-state index contributed by atoms with van der Waals surface area (Å²) in [6.45, 7) is 0.530. The number of hydrogen-bond acceptors (Lipinski definition) is 3. The van der Waals surface area contributed by atoms with Gasteiger partial charge in [-0.15, -0.1) is 12.4 Å². The minimum Gasteiger partial charge on any atom is -0.364 e. The molecule has 0 aromatic carbocycles. The molecule has 2 aliphatic carbocycles. The number of nitrogens with zero attached hydrogens (tertiary/aromatic N) is 1. The Hall–Kier alpha value is -0.320. The Labute approximate surface area is 121 Å². The maximum atomic E-state index is 12.5. The van der Waals surface area contributed by atoms with E-state index in [1.807, 2.05) is 11.9 Å². The highest BCUT2D eigenvalue weighted by molar-refractivity contribution is 5.85. The zero-order valence-corrected chi connectivity index (χ0v) is 12.4. The number of carbonyl (C=O) groups is 1. The molecule has 19 heavy (non-hydrogen) atoms. The number of rotatable bonds is 5. The second kappa shape index (κ2) is 5.98. The van der Waals surface area contributed by atoms with Gasteiger partial charge in [-0.05, 0) is 50.4 Å². The lowest BCUT2D eigenvalue weighted by Gasteiger charge is -2.30. The van der Waals surface area contributed by atoms with Crippen LogP contribution in [0.15, 0.2) is 0 Å². The minimum atomic E-state index is -0.233. The molecule has 1 heterocycles. The van der Waals surface area contributed by atoms with Crippen molar-refractivity contribution in [2.45, 2.75) is 56.8 Å². The average molecular weight is 289 g/mol. The molecule has 0 aromatic rings. The van der Waals surface area contributed by atoms with Crippen LogP contribution in [0.3, 0.4) is 0 Å². The van der Waals surface area contributed by atoms with Crippen LogP contribution >= 0.6 is 12.4 Å². The number of carbonyl (C=O) groups excluding carboxylic acids is 1. The van der Waals surface area contributed by atoms with Crippen molar-refractivity contribution in [3.05, 3.63) is 0 Å². The first-order valence-corrected chi connectivity index (χ1v) is 7.33. The number of ether oxygens (including phenoxy) is 1. The van der Waals surface area contributed by atoms with Crippen LogP contribution in [0.2, 0.25) is 0 Å². The highest BCUT2D eigenvalue weighted by Crippen LogP contribution is 2.47. The normalized spacial score (nSPS) is 30.3. The van der Waals surface area contributed by atoms with Crippen molar-refractivity contribution in [2.75, 3.05) is 13.6 Å². The second-order valence-electron chi connectivity index (χ2n) is 6.17. The number of halogens is 1. The highest BCUT2D eigenvalue weighted by Gasteiger charge is 2.46. The molecule has 3 rings (SSSR count). The van der Waals surface area contributed by atoms with E-state index in [9.17, 15) is 4.79 Å². The third-order valence-electron chi connectivity index (χ3n) is 4.65. The van der Waals surface area contributed by atoms with Crippen LogP contribution in [0.4, 0.5) is 0 Å². The standard InChI is InChI=1S/C14H24N2O2.ClH/c1-16(13(9-2-3-9)10-4-5-10)14(17)12-7-6-11(8-15)18-12;/h9-13H,2-8,15H2,1H3;1H/t11-,12+;/m1./s1. The third kappa shape index (κ3) is 3.23. The monoisotopic (exact) mass is 288 g/mol. The minimum absolute atomic E-state index is 0. The number of nitrogens with two attached hydrogens (primary N) is 1. The maximum absolute atomic E-state index is 12.5. The second-order valence-corrected chi connectivity index (χ2v) is 6.17. The van der Waals surface area contributed by atoms with Crippen molar-refractivity contribution >= 4 is 18.3 Å². The van der Waals surface area contributed by atoms with Gasteiger partial charge in [0.2, 0.25) is 0 Å². The first-order chi connectivity index (χ1) is 8.70. The highest BCUT2D eigenvalue weighted by atomic mass is 35.5. The van der Waals surface area contributed by atoms with Crippen molar-refractivity contribution in [1.82, 2.24) is 4.90 Å². The average Bonchev–Trinajstić information content (AvgIpc) is 3.30. The smallest absolute Gasteiger partial charge is 0.251 e. The first kappa shape index (κ1) is 15.1. The van der Waals surface area contributed by atoms with Gasteiger partial charge in [0.1, 0.15) is 6.10 Å². The summed E-state index contributed by atoms with van der Waals surface area (Å²) in [6.07, 6.45) is 6.83. The van der Waals surface area contributed by atoms with Gasteiger partial charge in [0.25, 0.3) is 5.91 Å². The molecule has 1 saturated heterocycles. The van der Waals surface area contributed by atoms with Crippen molar-refractivity contribution in [1.29, 1.82) is 0 Å². The Morgan fingerprint density at radius 3 is 2.21 bits per heavy atom. The van der Waals surface area contributed by atoms with Gasteiger partial charge >= 0.3 is 0 Å². The van der Waals surface area contributed by atoms with Gasteiger partial charge in [0.15, 0.2) is 0 Å². The summed E-state index contributed by atoms with van der Waals surface area (Å²) in [6, 6.07) is 0.484. The molecule has 0 spiro atoms. The summed E-state index contributed by atoms with van der Waals surface area (Å²) < 4.78 is 5.73. The molecule has 110 valence electrons. The molecule has 2 saturated carbocycles. The van der Waals surface area contributed by atoms with Crippen molar-refractivity contribution in [2.24, 2.45) is 17.6 Å². The van der Waals surface area contributed by atoms with Gasteiger partial charge in [0.05, 0.1) is 6.10 Å². The van der Waals surface area contributed by atoms with E-state index in [2.05, 4.69) is 0 Å². The summed E-state index contributed by atoms with van der Waals surface area (Å²) in [7, 11) is 1.97. The SMILES string of the molecule is CN(C(=O)[C@@H]1CC[C@H](CN)O1)C(C1CC1)C1CC1.Cl. The van der Waals surface area contributed by atoms with Crippen LogP contribution < -0.4 is 5.73 Å². The lowest BCUT2D eigenvalue weighted by Crippen LogP contribution is -2.45. The summed E-state index contributed by atoms with van der Waals surface area (Å²) in [5.74, 6) is 1.71. The Bertz CT molecular complexity index is 319. The lowest BCUT2D eigenvalue weighted by molar-refractivity contribution is -0.144. The fraction of sp³-hybridized carbons (Fsp3) is 0.929. The van der Waals surface area contributed by atoms with Crippen LogP contribution in [0.1, 0.15) is 38.5 Å². The van der Waals surface area contributed by atoms with Crippen LogP contribution in [-0.4, -0.2) is 42.6 Å². The van der Waals surface area contributed by atoms with Gasteiger partial charge in [-0.3, -0.25) is 4.79 Å². The molecule has 0 aromatic heterocycles. The molecule has 0 bridgehead atoms. The van der Waals surface area contributed by atoms with E-state index in [1.54, 1.807) is 0 Å². The Morgan fingerprint density at radius 1 is 1.21 bits per heavy atom.